The van der Waals surface area contributed by atoms with Gasteiger partial charge in [-0.1, -0.05) is 59.1 Å². The lowest BCUT2D eigenvalue weighted by molar-refractivity contribution is -0.139. The second-order valence-electron chi connectivity index (χ2n) is 15.2. The number of alkyl halides is 3. The van der Waals surface area contributed by atoms with Gasteiger partial charge in [-0.2, -0.15) is 18.2 Å². The molecular formula is C44H35Cl2F3N4O8. The first kappa shape index (κ1) is 41.5. The molecule has 6 unspecified atom stereocenters. The number of hydrogen-bond donors (Lipinski definition) is 2. The summed E-state index contributed by atoms with van der Waals surface area (Å²) in [6.07, 6.45) is 0.978. The number of hydrogen-bond acceptors (Lipinski definition) is 10. The van der Waals surface area contributed by atoms with E-state index < -0.39 is 81.2 Å². The summed E-state index contributed by atoms with van der Waals surface area (Å²) in [5, 5.41) is 11.2. The van der Waals surface area contributed by atoms with Crippen molar-refractivity contribution in [1.29, 1.82) is 0 Å². The molecule has 1 aromatic heterocycles. The number of hydrazine groups is 1. The molecule has 0 radical (unpaired) electrons. The summed E-state index contributed by atoms with van der Waals surface area (Å²) in [7, 11) is 2.72. The molecule has 3 aromatic carbocycles. The second kappa shape index (κ2) is 15.4. The first-order valence-electron chi connectivity index (χ1n) is 19.0. The van der Waals surface area contributed by atoms with Crippen LogP contribution < -0.4 is 19.8 Å². The molecular weight excluding hydrogens is 840 g/mol. The van der Waals surface area contributed by atoms with Gasteiger partial charge in [-0.3, -0.25) is 34.3 Å². The summed E-state index contributed by atoms with van der Waals surface area (Å²) in [6.45, 7) is 1.40. The number of carbonyl (C=O) groups excluding carboxylic acids is 5. The van der Waals surface area contributed by atoms with Crippen LogP contribution in [-0.4, -0.2) is 58.7 Å². The molecule has 0 bridgehead atoms. The highest BCUT2D eigenvalue weighted by molar-refractivity contribution is 6.33. The Morgan fingerprint density at radius 2 is 1.59 bits per heavy atom. The third-order valence-electron chi connectivity index (χ3n) is 12.1. The average molecular weight is 876 g/mol. The van der Waals surface area contributed by atoms with Crippen molar-refractivity contribution in [3.63, 3.8) is 0 Å². The van der Waals surface area contributed by atoms with Crippen molar-refractivity contribution < 1.29 is 51.7 Å². The Balaban J connectivity index is 1.29. The molecule has 4 aromatic rings. The zero-order valence-corrected chi connectivity index (χ0v) is 34.0. The summed E-state index contributed by atoms with van der Waals surface area (Å²) < 4.78 is 51.4. The number of ether oxygens (including phenoxy) is 2. The zero-order chi connectivity index (χ0) is 43.7. The van der Waals surface area contributed by atoms with Crippen LogP contribution in [0.3, 0.4) is 0 Å². The number of benzene rings is 3. The second-order valence-corrected chi connectivity index (χ2v) is 16.1. The van der Waals surface area contributed by atoms with Crippen LogP contribution in [-0.2, 0) is 30.8 Å². The van der Waals surface area contributed by atoms with E-state index in [1.165, 1.54) is 57.5 Å². The number of aromatic hydroxyl groups is 1. The summed E-state index contributed by atoms with van der Waals surface area (Å²) in [6, 6.07) is 16.2. The number of amides is 4. The van der Waals surface area contributed by atoms with E-state index in [2.05, 4.69) is 10.4 Å². The molecule has 0 spiro atoms. The number of imide groups is 2. The lowest BCUT2D eigenvalue weighted by Crippen LogP contribution is -2.54. The van der Waals surface area contributed by atoms with Crippen molar-refractivity contribution in [2.45, 2.75) is 31.4 Å². The Labute approximate surface area is 356 Å². The van der Waals surface area contributed by atoms with E-state index in [0.717, 1.165) is 4.90 Å². The van der Waals surface area contributed by atoms with Gasteiger partial charge in [-0.05, 0) is 91.4 Å². The number of rotatable bonds is 9. The molecule has 6 atom stereocenters. The molecule has 4 aliphatic rings. The molecule has 4 amide bonds. The van der Waals surface area contributed by atoms with Crippen LogP contribution in [0.15, 0.2) is 90.7 Å². The maximum Gasteiger partial charge on any atom is 0.417 e. The number of halogens is 5. The highest BCUT2D eigenvalue weighted by Gasteiger charge is 2.69. The molecule has 12 nitrogen and oxygen atoms in total. The number of methoxy groups -OCH3 is 2. The van der Waals surface area contributed by atoms with Crippen molar-refractivity contribution in [3.05, 3.63) is 123 Å². The van der Waals surface area contributed by atoms with Crippen LogP contribution in [0.1, 0.15) is 46.8 Å². The van der Waals surface area contributed by atoms with Crippen LogP contribution in [0.25, 0.3) is 6.08 Å². The Hall–Kier alpha value is -6.19. The maximum atomic E-state index is 15.4. The van der Waals surface area contributed by atoms with Crippen LogP contribution in [0.2, 0.25) is 10.0 Å². The van der Waals surface area contributed by atoms with E-state index >= 15 is 4.79 Å². The number of phenolic OH excluding ortho intramolecular Hbond substituents is 1. The fourth-order valence-corrected chi connectivity index (χ4v) is 9.68. The minimum absolute atomic E-state index is 0.0837. The number of phenols is 1. The van der Waals surface area contributed by atoms with Gasteiger partial charge in [0.2, 0.25) is 17.6 Å². The lowest BCUT2D eigenvalue weighted by Gasteiger charge is -2.49. The summed E-state index contributed by atoms with van der Waals surface area (Å²) in [4.78, 5) is 75.9. The number of nitrogens with one attached hydrogen (secondary N) is 1. The van der Waals surface area contributed by atoms with E-state index in [1.54, 1.807) is 36.4 Å². The smallest absolute Gasteiger partial charge is 0.417 e. The van der Waals surface area contributed by atoms with Crippen molar-refractivity contribution in [2.24, 2.45) is 29.6 Å². The first-order valence-corrected chi connectivity index (χ1v) is 19.7. The number of aromatic nitrogens is 1. The topological polar surface area (TPSA) is 155 Å². The van der Waals surface area contributed by atoms with E-state index in [4.69, 9.17) is 32.7 Å². The van der Waals surface area contributed by atoms with Crippen LogP contribution in [0.5, 0.6) is 17.2 Å². The highest BCUT2D eigenvalue weighted by atomic mass is 35.5. The van der Waals surface area contributed by atoms with Gasteiger partial charge < -0.3 is 14.6 Å². The van der Waals surface area contributed by atoms with Gasteiger partial charge in [0.25, 0.3) is 11.8 Å². The van der Waals surface area contributed by atoms with Crippen molar-refractivity contribution in [3.8, 4) is 17.2 Å². The van der Waals surface area contributed by atoms with Gasteiger partial charge in [0.1, 0.15) is 0 Å². The van der Waals surface area contributed by atoms with Gasteiger partial charge >= 0.3 is 6.18 Å². The van der Waals surface area contributed by atoms with E-state index in [1.807, 2.05) is 6.08 Å². The number of Topliss-reactive ketones (excluding diaryl/α,β-unsaturated/α-hetero) is 1. The maximum absolute atomic E-state index is 15.4. The summed E-state index contributed by atoms with van der Waals surface area (Å²) in [5.74, 6) is -7.97. The molecule has 314 valence electrons. The number of nitrogens with zero attached hydrogens (tertiary/aromatic N) is 3. The van der Waals surface area contributed by atoms with Crippen molar-refractivity contribution in [2.75, 3.05) is 24.5 Å². The SMILES string of the molecule is COc1cc(C=CC2C3=CCC4C(=O)N(c5ccc(C(C)=O)cc5)C(=O)C4C3CC3C(=O)N(Nc4ncc(C(F)(F)F)cc4Cl)C(=O)C23c2ccc(Cl)cc2)cc(OC)c1O. The fourth-order valence-electron chi connectivity index (χ4n) is 9.35. The number of allylic oxidation sites excluding steroid dienone is 3. The van der Waals surface area contributed by atoms with Crippen LogP contribution >= 0.6 is 23.2 Å². The van der Waals surface area contributed by atoms with Gasteiger partial charge in [-0.25, -0.2) is 4.98 Å². The van der Waals surface area contributed by atoms with Crippen molar-refractivity contribution in [1.82, 2.24) is 9.99 Å². The van der Waals surface area contributed by atoms with Gasteiger partial charge in [0.05, 0.1) is 53.7 Å². The summed E-state index contributed by atoms with van der Waals surface area (Å²) in [5.41, 5.74) is 1.79. The molecule has 3 heterocycles. The first-order chi connectivity index (χ1) is 29.0. The van der Waals surface area contributed by atoms with Crippen LogP contribution in [0, 0.1) is 29.6 Å². The molecule has 2 saturated heterocycles. The Morgan fingerprint density at radius 1 is 0.934 bits per heavy atom. The van der Waals surface area contributed by atoms with E-state index in [0.29, 0.717) is 44.6 Å². The number of carbonyl (C=O) groups is 5. The molecule has 1 saturated carbocycles. The lowest BCUT2D eigenvalue weighted by atomic mass is 9.50. The molecule has 8 rings (SSSR count). The number of pyridine rings is 1. The minimum Gasteiger partial charge on any atom is -0.502 e. The molecule has 17 heteroatoms. The third kappa shape index (κ3) is 6.70. The largest absolute Gasteiger partial charge is 0.502 e. The van der Waals surface area contributed by atoms with E-state index in [9.17, 15) is 37.5 Å². The van der Waals surface area contributed by atoms with Crippen molar-refractivity contribution >= 4 is 70.2 Å². The zero-order valence-electron chi connectivity index (χ0n) is 32.5. The quantitative estimate of drug-likeness (QED) is 0.0959. The highest BCUT2D eigenvalue weighted by Crippen LogP contribution is 2.62. The number of ketones is 1. The van der Waals surface area contributed by atoms with Crippen LogP contribution in [0.4, 0.5) is 24.7 Å². The average Bonchev–Trinajstić information content (AvgIpc) is 3.61. The molecule has 3 fully saturated rings. The van der Waals surface area contributed by atoms with E-state index in [-0.39, 0.29) is 41.6 Å². The summed E-state index contributed by atoms with van der Waals surface area (Å²) >= 11 is 12.6. The monoisotopic (exact) mass is 874 g/mol. The molecule has 61 heavy (non-hydrogen) atoms. The van der Waals surface area contributed by atoms with Gasteiger partial charge in [0, 0.05) is 22.7 Å². The Kier molecular flexibility index (Phi) is 10.5. The Bertz CT molecular complexity index is 2560. The fraction of sp³-hybridized carbons (Fsp3) is 0.273. The molecule has 2 N–H and O–H groups in total. The third-order valence-corrected chi connectivity index (χ3v) is 12.7. The minimum atomic E-state index is -4.78. The number of anilines is 2. The Morgan fingerprint density at radius 3 is 2.18 bits per heavy atom. The number of fused-ring (bicyclic) bond motifs is 4. The van der Waals surface area contributed by atoms with Gasteiger partial charge in [-0.15, -0.1) is 0 Å². The molecule has 2 aliphatic carbocycles. The predicted molar refractivity (Wildman–Crippen MR) is 217 cm³/mol. The standard InChI is InChI=1S/C44H35Cl2F3N4O8/c1-21(54)23-5-11-27(12-6-23)52-39(56)29-14-13-28-30(36(29)41(52)58)19-32-40(57)53(51-38-33(46)18-25(20-50-38)44(47,48)49)42(59)43(32,24-7-9-26(45)10-8-24)31(28)15-4-22-16-34(60-2)37(55)35(17-22)61-3/h4-13,15-18,20,29-32,36,55H,14,19H2,1-3H3,(H,50,51). The van der Waals surface area contributed by atoms with Gasteiger partial charge in [0.15, 0.2) is 23.1 Å². The predicted octanol–water partition coefficient (Wildman–Crippen LogP) is 8.07. The molecule has 2 aliphatic heterocycles. The normalized spacial score (nSPS) is 24.7.